The molecule has 1 fully saturated rings. The third kappa shape index (κ3) is 3.44. The van der Waals surface area contributed by atoms with Crippen molar-refractivity contribution < 1.29 is 9.53 Å². The van der Waals surface area contributed by atoms with Crippen molar-refractivity contribution in [1.29, 1.82) is 0 Å². The number of ketones is 1. The Morgan fingerprint density at radius 2 is 2.24 bits per heavy atom. The second kappa shape index (κ2) is 5.85. The van der Waals surface area contributed by atoms with Crippen LogP contribution in [0.15, 0.2) is 18.2 Å². The average molecular weight is 273 g/mol. The molecule has 0 saturated carbocycles. The van der Waals surface area contributed by atoms with Crippen LogP contribution < -0.4 is 0 Å². The van der Waals surface area contributed by atoms with Crippen molar-refractivity contribution in [1.82, 2.24) is 0 Å². The van der Waals surface area contributed by atoms with Crippen LogP contribution in [0.3, 0.4) is 0 Å². The van der Waals surface area contributed by atoms with Crippen LogP contribution in [0.4, 0.5) is 0 Å². The lowest BCUT2D eigenvalue weighted by atomic mass is 10.0. The van der Waals surface area contributed by atoms with Gasteiger partial charge in [-0.05, 0) is 37.5 Å². The second-order valence-electron chi connectivity index (χ2n) is 4.22. The number of ether oxygens (including phenoxy) is 1. The molecule has 2 rings (SSSR count). The molecule has 4 heteroatoms. The van der Waals surface area contributed by atoms with Crippen molar-refractivity contribution in [2.24, 2.45) is 0 Å². The van der Waals surface area contributed by atoms with Gasteiger partial charge in [-0.15, -0.1) is 0 Å². The van der Waals surface area contributed by atoms with Crippen LogP contribution in [0, 0.1) is 0 Å². The summed E-state index contributed by atoms with van der Waals surface area (Å²) in [5.41, 5.74) is 0.511. The van der Waals surface area contributed by atoms with E-state index in [-0.39, 0.29) is 11.9 Å². The third-order valence-corrected chi connectivity index (χ3v) is 3.51. The Morgan fingerprint density at radius 3 is 2.94 bits per heavy atom. The molecule has 1 unspecified atom stereocenters. The van der Waals surface area contributed by atoms with E-state index >= 15 is 0 Å². The number of carbonyl (C=O) groups excluding carboxylic acids is 1. The predicted molar refractivity (Wildman–Crippen MR) is 69.0 cm³/mol. The minimum atomic E-state index is 0.0352. The van der Waals surface area contributed by atoms with E-state index in [2.05, 4.69) is 0 Å². The standard InChI is InChI=1S/C13H14Cl2O2/c14-9-3-5-12(15)11(8-9)13(16)6-4-10-2-1-7-17-10/h3,5,8,10H,1-2,4,6-7H2. The molecule has 92 valence electrons. The van der Waals surface area contributed by atoms with Gasteiger partial charge in [-0.2, -0.15) is 0 Å². The van der Waals surface area contributed by atoms with E-state index in [4.69, 9.17) is 27.9 Å². The monoisotopic (exact) mass is 272 g/mol. The van der Waals surface area contributed by atoms with Gasteiger partial charge < -0.3 is 4.74 Å². The summed E-state index contributed by atoms with van der Waals surface area (Å²) in [6.07, 6.45) is 3.61. The first-order valence-corrected chi connectivity index (χ1v) is 6.52. The van der Waals surface area contributed by atoms with E-state index < -0.39 is 0 Å². The number of rotatable bonds is 4. The van der Waals surface area contributed by atoms with E-state index in [0.717, 1.165) is 25.9 Å². The predicted octanol–water partition coefficient (Wildman–Crippen LogP) is 4.14. The van der Waals surface area contributed by atoms with E-state index in [0.29, 0.717) is 22.0 Å². The Hall–Kier alpha value is -0.570. The summed E-state index contributed by atoms with van der Waals surface area (Å²) in [5, 5.41) is 1.00. The summed E-state index contributed by atoms with van der Waals surface area (Å²) >= 11 is 11.8. The Kier molecular flexibility index (Phi) is 4.43. The van der Waals surface area contributed by atoms with E-state index in [1.54, 1.807) is 18.2 Å². The number of halogens is 2. The van der Waals surface area contributed by atoms with Crippen LogP contribution in [0.1, 0.15) is 36.0 Å². The minimum Gasteiger partial charge on any atom is -0.378 e. The summed E-state index contributed by atoms with van der Waals surface area (Å²) in [6.45, 7) is 0.816. The van der Waals surface area contributed by atoms with Gasteiger partial charge in [-0.1, -0.05) is 23.2 Å². The lowest BCUT2D eigenvalue weighted by Gasteiger charge is -2.09. The number of Topliss-reactive ketones (excluding diaryl/α,β-unsaturated/α-hetero) is 1. The summed E-state index contributed by atoms with van der Waals surface area (Å²) in [5.74, 6) is 0.0352. The van der Waals surface area contributed by atoms with Crippen LogP contribution in [0.2, 0.25) is 10.0 Å². The molecule has 0 aliphatic carbocycles. The maximum atomic E-state index is 12.0. The molecule has 0 amide bonds. The van der Waals surface area contributed by atoms with Gasteiger partial charge >= 0.3 is 0 Å². The topological polar surface area (TPSA) is 26.3 Å². The molecular weight excluding hydrogens is 259 g/mol. The van der Waals surface area contributed by atoms with Crippen molar-refractivity contribution >= 4 is 29.0 Å². The quantitative estimate of drug-likeness (QED) is 0.771. The first-order chi connectivity index (χ1) is 8.16. The largest absolute Gasteiger partial charge is 0.378 e. The van der Waals surface area contributed by atoms with Gasteiger partial charge in [0.25, 0.3) is 0 Å². The summed E-state index contributed by atoms with van der Waals surface area (Å²) in [7, 11) is 0. The van der Waals surface area contributed by atoms with E-state index in [9.17, 15) is 4.79 Å². The Morgan fingerprint density at radius 1 is 1.41 bits per heavy atom. The van der Waals surface area contributed by atoms with Crippen molar-refractivity contribution in [3.63, 3.8) is 0 Å². The normalized spacial score (nSPS) is 19.5. The zero-order valence-electron chi connectivity index (χ0n) is 9.42. The fourth-order valence-corrected chi connectivity index (χ4v) is 2.40. The molecular formula is C13H14Cl2O2. The Balaban J connectivity index is 1.96. The summed E-state index contributed by atoms with van der Waals surface area (Å²) < 4.78 is 5.48. The fourth-order valence-electron chi connectivity index (χ4n) is 2.01. The maximum Gasteiger partial charge on any atom is 0.164 e. The van der Waals surface area contributed by atoms with Crippen molar-refractivity contribution in [2.75, 3.05) is 6.61 Å². The molecule has 1 aliphatic heterocycles. The third-order valence-electron chi connectivity index (χ3n) is 2.95. The number of carbonyl (C=O) groups is 1. The van der Waals surface area contributed by atoms with Crippen molar-refractivity contribution in [3.05, 3.63) is 33.8 Å². The van der Waals surface area contributed by atoms with Crippen molar-refractivity contribution in [2.45, 2.75) is 31.8 Å². The molecule has 1 aliphatic rings. The second-order valence-corrected chi connectivity index (χ2v) is 5.06. The highest BCUT2D eigenvalue weighted by atomic mass is 35.5. The summed E-state index contributed by atoms with van der Waals surface area (Å²) in [6, 6.07) is 4.96. The Bertz CT molecular complexity index is 412. The molecule has 0 aromatic heterocycles. The van der Waals surface area contributed by atoms with Gasteiger partial charge in [0.2, 0.25) is 0 Å². The SMILES string of the molecule is O=C(CCC1CCCO1)c1cc(Cl)ccc1Cl. The van der Waals surface area contributed by atoms with Crippen LogP contribution in [0.5, 0.6) is 0 Å². The highest BCUT2D eigenvalue weighted by molar-refractivity contribution is 6.35. The van der Waals surface area contributed by atoms with Crippen LogP contribution in [-0.4, -0.2) is 18.5 Å². The van der Waals surface area contributed by atoms with Gasteiger partial charge in [-0.25, -0.2) is 0 Å². The molecule has 1 heterocycles. The van der Waals surface area contributed by atoms with Gasteiger partial charge in [0.15, 0.2) is 5.78 Å². The van der Waals surface area contributed by atoms with Gasteiger partial charge in [0.05, 0.1) is 11.1 Å². The smallest absolute Gasteiger partial charge is 0.164 e. The molecule has 1 saturated heterocycles. The molecule has 1 aromatic carbocycles. The molecule has 0 N–H and O–H groups in total. The van der Waals surface area contributed by atoms with Gasteiger partial charge in [-0.3, -0.25) is 4.79 Å². The average Bonchev–Trinajstić information content (AvgIpc) is 2.82. The molecule has 0 bridgehead atoms. The van der Waals surface area contributed by atoms with Gasteiger partial charge in [0.1, 0.15) is 0 Å². The highest BCUT2D eigenvalue weighted by Gasteiger charge is 2.18. The maximum absolute atomic E-state index is 12.0. The van der Waals surface area contributed by atoms with Crippen LogP contribution in [-0.2, 0) is 4.74 Å². The lowest BCUT2D eigenvalue weighted by Crippen LogP contribution is -2.09. The fraction of sp³-hybridized carbons (Fsp3) is 0.462. The summed E-state index contributed by atoms with van der Waals surface area (Å²) in [4.78, 5) is 12.0. The van der Waals surface area contributed by atoms with E-state index in [1.807, 2.05) is 0 Å². The first kappa shape index (κ1) is 12.9. The zero-order valence-corrected chi connectivity index (χ0v) is 10.9. The number of benzene rings is 1. The van der Waals surface area contributed by atoms with Crippen LogP contribution in [0.25, 0.3) is 0 Å². The zero-order chi connectivity index (χ0) is 12.3. The molecule has 0 spiro atoms. The molecule has 1 atom stereocenters. The van der Waals surface area contributed by atoms with Gasteiger partial charge in [0, 0.05) is 23.6 Å². The van der Waals surface area contributed by atoms with Crippen LogP contribution >= 0.6 is 23.2 Å². The molecule has 2 nitrogen and oxygen atoms in total. The first-order valence-electron chi connectivity index (χ1n) is 5.76. The molecule has 17 heavy (non-hydrogen) atoms. The lowest BCUT2D eigenvalue weighted by molar-refractivity contribution is 0.0859. The number of hydrogen-bond donors (Lipinski definition) is 0. The number of hydrogen-bond acceptors (Lipinski definition) is 2. The molecule has 1 aromatic rings. The van der Waals surface area contributed by atoms with E-state index in [1.165, 1.54) is 0 Å². The van der Waals surface area contributed by atoms with Crippen molar-refractivity contribution in [3.8, 4) is 0 Å². The molecule has 0 radical (unpaired) electrons. The highest BCUT2D eigenvalue weighted by Crippen LogP contribution is 2.24. The Labute approximate surface area is 111 Å². The minimum absolute atomic E-state index is 0.0352.